The normalized spacial score (nSPS) is 29.9. The van der Waals surface area contributed by atoms with Crippen LogP contribution in [0.3, 0.4) is 0 Å². The molecule has 82 valence electrons. The Balaban J connectivity index is 2.34. The highest BCUT2D eigenvalue weighted by Gasteiger charge is 2.28. The quantitative estimate of drug-likeness (QED) is 0.806. The fraction of sp³-hybridized carbons (Fsp3) is 0.900. The topological polar surface area (TPSA) is 37.3 Å². The third-order valence-corrected chi connectivity index (χ3v) is 4.28. The zero-order valence-corrected chi connectivity index (χ0v) is 11.3. The molecule has 0 aromatic carbocycles. The van der Waals surface area contributed by atoms with Crippen molar-refractivity contribution in [2.45, 2.75) is 31.8 Å². The van der Waals surface area contributed by atoms with E-state index in [4.69, 9.17) is 0 Å². The minimum absolute atomic E-state index is 0.230. The Hall–Kier alpha value is 0.590. The van der Waals surface area contributed by atoms with Crippen molar-refractivity contribution in [2.24, 2.45) is 11.8 Å². The van der Waals surface area contributed by atoms with Crippen LogP contribution in [0.2, 0.25) is 0 Å². The van der Waals surface area contributed by atoms with Crippen molar-refractivity contribution in [1.82, 2.24) is 0 Å². The van der Waals surface area contributed by atoms with Crippen LogP contribution in [0.4, 0.5) is 0 Å². The lowest BCUT2D eigenvalue weighted by Crippen LogP contribution is -2.29. The Morgan fingerprint density at radius 2 is 1.86 bits per heavy atom. The molecule has 1 rings (SSSR count). The molecule has 1 aliphatic carbocycles. The van der Waals surface area contributed by atoms with Crippen molar-refractivity contribution >= 4 is 37.6 Å². The molecule has 1 fully saturated rings. The molecule has 0 aromatic heterocycles. The molecule has 14 heavy (non-hydrogen) atoms. The molecule has 0 aliphatic heterocycles. The summed E-state index contributed by atoms with van der Waals surface area (Å²) in [4.78, 5) is 11.4. The van der Waals surface area contributed by atoms with Gasteiger partial charge in [-0.2, -0.15) is 0 Å². The Morgan fingerprint density at radius 1 is 1.29 bits per heavy atom. The second-order valence-corrected chi connectivity index (χ2v) is 5.14. The fourth-order valence-corrected chi connectivity index (χ4v) is 3.05. The second-order valence-electron chi connectivity index (χ2n) is 3.93. The highest BCUT2D eigenvalue weighted by Crippen LogP contribution is 2.32. The molecule has 0 spiro atoms. The van der Waals surface area contributed by atoms with Crippen LogP contribution in [-0.2, 0) is 4.79 Å². The van der Waals surface area contributed by atoms with Gasteiger partial charge in [0.15, 0.2) is 0 Å². The van der Waals surface area contributed by atoms with E-state index in [1.54, 1.807) is 0 Å². The maximum atomic E-state index is 11.4. The molecule has 4 heteroatoms. The summed E-state index contributed by atoms with van der Waals surface area (Å²) in [5.41, 5.74) is 0. The molecule has 0 aromatic rings. The summed E-state index contributed by atoms with van der Waals surface area (Å²) < 4.78 is 0. The van der Waals surface area contributed by atoms with Crippen LogP contribution in [0.25, 0.3) is 0 Å². The lowest BCUT2D eigenvalue weighted by atomic mass is 9.78. The van der Waals surface area contributed by atoms with Gasteiger partial charge in [-0.15, -0.1) is 0 Å². The summed E-state index contributed by atoms with van der Waals surface area (Å²) >= 11 is 6.49. The number of carbonyl (C=O) groups excluding carboxylic acids is 1. The van der Waals surface area contributed by atoms with Crippen molar-refractivity contribution in [3.8, 4) is 0 Å². The van der Waals surface area contributed by atoms with E-state index in [1.165, 1.54) is 0 Å². The van der Waals surface area contributed by atoms with Gasteiger partial charge in [-0.1, -0.05) is 31.9 Å². The van der Waals surface area contributed by atoms with Gasteiger partial charge in [0.05, 0.1) is 11.4 Å². The number of alkyl halides is 2. The van der Waals surface area contributed by atoms with Gasteiger partial charge in [-0.05, 0) is 31.6 Å². The fourth-order valence-electron chi connectivity index (χ4n) is 2.06. The Kier molecular flexibility index (Phi) is 5.64. The molecule has 0 bridgehead atoms. The number of hydrogen-bond acceptors (Lipinski definition) is 2. The minimum Gasteiger partial charge on any atom is -0.392 e. The van der Waals surface area contributed by atoms with Gasteiger partial charge in [0, 0.05) is 11.2 Å². The van der Waals surface area contributed by atoms with Gasteiger partial charge in [0.25, 0.3) is 0 Å². The Morgan fingerprint density at radius 3 is 2.29 bits per heavy atom. The number of aliphatic hydroxyl groups excluding tert-OH is 1. The van der Waals surface area contributed by atoms with E-state index in [0.717, 1.165) is 25.7 Å². The third kappa shape index (κ3) is 3.31. The zero-order valence-electron chi connectivity index (χ0n) is 8.09. The summed E-state index contributed by atoms with van der Waals surface area (Å²) in [6.45, 7) is 0. The molecule has 0 saturated heterocycles. The Labute approximate surface area is 102 Å². The van der Waals surface area contributed by atoms with Gasteiger partial charge in [0.1, 0.15) is 5.78 Å². The highest BCUT2D eigenvalue weighted by atomic mass is 79.9. The van der Waals surface area contributed by atoms with E-state index < -0.39 is 0 Å². The lowest BCUT2D eigenvalue weighted by Gasteiger charge is -2.29. The van der Waals surface area contributed by atoms with E-state index in [2.05, 4.69) is 31.9 Å². The van der Waals surface area contributed by atoms with E-state index >= 15 is 0 Å². The highest BCUT2D eigenvalue weighted by molar-refractivity contribution is 9.09. The molecule has 0 radical (unpaired) electrons. The van der Waals surface area contributed by atoms with E-state index in [1.807, 2.05) is 0 Å². The summed E-state index contributed by atoms with van der Waals surface area (Å²) in [7, 11) is 0. The van der Waals surface area contributed by atoms with Crippen LogP contribution in [0, 0.1) is 11.8 Å². The standard InChI is InChI=1S/C10H16Br2O2/c11-5-9(13)7-1-2-8(4-3-7)10(14)6-12/h7-9,13H,1-6H2. The van der Waals surface area contributed by atoms with Gasteiger partial charge < -0.3 is 5.11 Å². The first-order valence-corrected chi connectivity index (χ1v) is 7.26. The summed E-state index contributed by atoms with van der Waals surface area (Å²) in [6, 6.07) is 0. The van der Waals surface area contributed by atoms with Crippen LogP contribution in [-0.4, -0.2) is 27.7 Å². The largest absolute Gasteiger partial charge is 0.392 e. The van der Waals surface area contributed by atoms with E-state index in [-0.39, 0.29) is 12.0 Å². The van der Waals surface area contributed by atoms with Gasteiger partial charge in [0.2, 0.25) is 0 Å². The van der Waals surface area contributed by atoms with Crippen LogP contribution >= 0.6 is 31.9 Å². The van der Waals surface area contributed by atoms with Crippen LogP contribution < -0.4 is 0 Å². The van der Waals surface area contributed by atoms with E-state index in [0.29, 0.717) is 22.4 Å². The average molecular weight is 328 g/mol. The van der Waals surface area contributed by atoms with Crippen molar-refractivity contribution in [3.63, 3.8) is 0 Å². The van der Waals surface area contributed by atoms with Crippen LogP contribution in [0.1, 0.15) is 25.7 Å². The second kappa shape index (κ2) is 6.23. The summed E-state index contributed by atoms with van der Waals surface area (Å²) in [6.07, 6.45) is 3.61. The first-order valence-electron chi connectivity index (χ1n) is 5.01. The van der Waals surface area contributed by atoms with Crippen LogP contribution in [0.5, 0.6) is 0 Å². The van der Waals surface area contributed by atoms with Gasteiger partial charge in [-0.25, -0.2) is 0 Å². The minimum atomic E-state index is -0.241. The summed E-state index contributed by atoms with van der Waals surface area (Å²) in [5.74, 6) is 0.929. The predicted molar refractivity (Wildman–Crippen MR) is 64.0 cm³/mol. The molecule has 0 amide bonds. The molecule has 0 heterocycles. The number of rotatable bonds is 4. The molecule has 1 saturated carbocycles. The molecule has 1 N–H and O–H groups in total. The summed E-state index contributed by atoms with van der Waals surface area (Å²) in [5, 5.41) is 10.7. The van der Waals surface area contributed by atoms with Crippen molar-refractivity contribution in [2.75, 3.05) is 10.7 Å². The predicted octanol–water partition coefficient (Wildman–Crippen LogP) is 2.51. The smallest absolute Gasteiger partial charge is 0.146 e. The molecular formula is C10H16Br2O2. The van der Waals surface area contributed by atoms with Crippen molar-refractivity contribution in [1.29, 1.82) is 0 Å². The Bertz CT molecular complexity index is 189. The van der Waals surface area contributed by atoms with Crippen molar-refractivity contribution < 1.29 is 9.90 Å². The average Bonchev–Trinajstić information content (AvgIpc) is 2.27. The van der Waals surface area contributed by atoms with E-state index in [9.17, 15) is 9.90 Å². The molecule has 1 atom stereocenters. The molecule has 1 aliphatic rings. The number of hydrogen-bond donors (Lipinski definition) is 1. The third-order valence-electron chi connectivity index (χ3n) is 3.06. The number of Topliss-reactive ketones (excluding diaryl/α,β-unsaturated/α-hetero) is 1. The maximum Gasteiger partial charge on any atom is 0.146 e. The number of aliphatic hydroxyl groups is 1. The maximum absolute atomic E-state index is 11.4. The monoisotopic (exact) mass is 326 g/mol. The zero-order chi connectivity index (χ0) is 10.6. The SMILES string of the molecule is O=C(CBr)C1CCC(C(O)CBr)CC1. The first kappa shape index (κ1) is 12.7. The van der Waals surface area contributed by atoms with Crippen molar-refractivity contribution in [3.05, 3.63) is 0 Å². The van der Waals surface area contributed by atoms with Gasteiger partial charge in [-0.3, -0.25) is 4.79 Å². The molecule has 2 nitrogen and oxygen atoms in total. The number of halogens is 2. The van der Waals surface area contributed by atoms with Gasteiger partial charge >= 0.3 is 0 Å². The lowest BCUT2D eigenvalue weighted by molar-refractivity contribution is -0.121. The molecule has 1 unspecified atom stereocenters. The van der Waals surface area contributed by atoms with Crippen LogP contribution in [0.15, 0.2) is 0 Å². The molecular weight excluding hydrogens is 312 g/mol. The number of ketones is 1. The number of carbonyl (C=O) groups is 1. The first-order chi connectivity index (χ1) is 6.69.